The van der Waals surface area contributed by atoms with Gasteiger partial charge in [0.2, 0.25) is 0 Å². The Morgan fingerprint density at radius 3 is 2.59 bits per heavy atom. The van der Waals surface area contributed by atoms with Crippen molar-refractivity contribution < 1.29 is 4.74 Å². The molecule has 4 rings (SSSR count). The average molecular weight is 365 g/mol. The van der Waals surface area contributed by atoms with Crippen molar-refractivity contribution in [3.63, 3.8) is 0 Å². The zero-order valence-corrected chi connectivity index (χ0v) is 15.9. The molecule has 6 nitrogen and oxygen atoms in total. The Kier molecular flexibility index (Phi) is 5.25. The molecular formula is C21H27N5O. The van der Waals surface area contributed by atoms with Crippen molar-refractivity contribution >= 4 is 16.9 Å². The van der Waals surface area contributed by atoms with Crippen LogP contribution >= 0.6 is 0 Å². The summed E-state index contributed by atoms with van der Waals surface area (Å²) in [6, 6.07) is 9.25. The largest absolute Gasteiger partial charge is 0.463 e. The fourth-order valence-electron chi connectivity index (χ4n) is 3.63. The van der Waals surface area contributed by atoms with Crippen LogP contribution < -0.4 is 10.5 Å². The third-order valence-electron chi connectivity index (χ3n) is 5.07. The number of likely N-dealkylation sites (tertiary alicyclic amines) is 1. The molecular weight excluding hydrogens is 338 g/mol. The number of hydrogen-bond donors (Lipinski definition) is 2. The summed E-state index contributed by atoms with van der Waals surface area (Å²) in [5.41, 5.74) is 11.4. The highest BCUT2D eigenvalue weighted by atomic mass is 16.5. The first-order chi connectivity index (χ1) is 13.2. The van der Waals surface area contributed by atoms with Crippen molar-refractivity contribution in [2.45, 2.75) is 39.2 Å². The van der Waals surface area contributed by atoms with Crippen molar-refractivity contribution in [1.82, 2.24) is 19.9 Å². The predicted octanol–water partition coefficient (Wildman–Crippen LogP) is 3.52. The maximum absolute atomic E-state index is 6.07. The number of ether oxygens (including phenoxy) is 1. The zero-order chi connectivity index (χ0) is 18.6. The van der Waals surface area contributed by atoms with Crippen molar-refractivity contribution in [2.75, 3.05) is 25.4 Å². The number of hydrogen-bond acceptors (Lipinski definition) is 5. The van der Waals surface area contributed by atoms with Gasteiger partial charge in [0.05, 0.1) is 6.61 Å². The first kappa shape index (κ1) is 17.8. The van der Waals surface area contributed by atoms with Crippen LogP contribution in [0.1, 0.15) is 42.9 Å². The fourth-order valence-corrected chi connectivity index (χ4v) is 3.63. The van der Waals surface area contributed by atoms with E-state index in [2.05, 4.69) is 51.0 Å². The lowest BCUT2D eigenvalue weighted by Gasteiger charge is -2.14. The minimum absolute atomic E-state index is 0.351. The van der Waals surface area contributed by atoms with Gasteiger partial charge in [-0.2, -0.15) is 9.97 Å². The predicted molar refractivity (Wildman–Crippen MR) is 108 cm³/mol. The number of nitrogens with two attached hydrogens (primary N) is 1. The average Bonchev–Trinajstić information content (AvgIpc) is 3.32. The molecule has 1 aliphatic heterocycles. The second kappa shape index (κ2) is 7.96. The molecule has 0 amide bonds. The van der Waals surface area contributed by atoms with Gasteiger partial charge in [0.1, 0.15) is 11.0 Å². The molecule has 0 radical (unpaired) electrons. The normalized spacial score (nSPS) is 14.9. The van der Waals surface area contributed by atoms with Gasteiger partial charge in [-0.25, -0.2) is 0 Å². The standard InChI is InChI=1S/C21H27N5O/c1-2-11-27-21-24-18-17(13-23-19(18)20(22)25-21)12-15-5-7-16(8-6-15)14-26-9-3-4-10-26/h5-8,13,23H,2-4,9-12,14H2,1H3,(H2,22,24,25). The van der Waals surface area contributed by atoms with Crippen LogP contribution in [0.15, 0.2) is 30.5 Å². The topological polar surface area (TPSA) is 80.1 Å². The molecule has 1 aliphatic rings. The van der Waals surface area contributed by atoms with Gasteiger partial charge < -0.3 is 15.5 Å². The number of H-pyrrole nitrogens is 1. The maximum Gasteiger partial charge on any atom is 0.319 e. The molecule has 3 heterocycles. The van der Waals surface area contributed by atoms with Gasteiger partial charge >= 0.3 is 6.01 Å². The number of aromatic amines is 1. The Bertz CT molecular complexity index is 897. The molecule has 27 heavy (non-hydrogen) atoms. The van der Waals surface area contributed by atoms with Gasteiger partial charge in [-0.1, -0.05) is 31.2 Å². The summed E-state index contributed by atoms with van der Waals surface area (Å²) < 4.78 is 5.58. The highest BCUT2D eigenvalue weighted by Crippen LogP contribution is 2.25. The van der Waals surface area contributed by atoms with E-state index in [1.807, 2.05) is 6.20 Å². The van der Waals surface area contributed by atoms with E-state index in [1.54, 1.807) is 0 Å². The van der Waals surface area contributed by atoms with Crippen molar-refractivity contribution in [3.05, 3.63) is 47.2 Å². The van der Waals surface area contributed by atoms with Crippen molar-refractivity contribution in [2.24, 2.45) is 0 Å². The summed E-state index contributed by atoms with van der Waals surface area (Å²) in [5.74, 6) is 0.429. The lowest BCUT2D eigenvalue weighted by molar-refractivity contribution is 0.294. The van der Waals surface area contributed by atoms with Crippen LogP contribution in [0, 0.1) is 0 Å². The van der Waals surface area contributed by atoms with E-state index in [4.69, 9.17) is 10.5 Å². The van der Waals surface area contributed by atoms with Crippen LogP contribution in [0.3, 0.4) is 0 Å². The molecule has 0 atom stereocenters. The second-order valence-corrected chi connectivity index (χ2v) is 7.25. The summed E-state index contributed by atoms with van der Waals surface area (Å²) in [4.78, 5) is 14.5. The summed E-state index contributed by atoms with van der Waals surface area (Å²) in [5, 5.41) is 0. The second-order valence-electron chi connectivity index (χ2n) is 7.25. The molecule has 0 saturated carbocycles. The molecule has 0 bridgehead atoms. The van der Waals surface area contributed by atoms with Gasteiger partial charge in [-0.3, -0.25) is 4.90 Å². The van der Waals surface area contributed by atoms with E-state index in [1.165, 1.54) is 37.1 Å². The van der Waals surface area contributed by atoms with Crippen LogP contribution in [0.5, 0.6) is 6.01 Å². The van der Waals surface area contributed by atoms with Gasteiger partial charge in [0.25, 0.3) is 0 Å². The Balaban J connectivity index is 1.51. The number of nitrogens with one attached hydrogen (secondary N) is 1. The monoisotopic (exact) mass is 365 g/mol. The molecule has 0 unspecified atom stereocenters. The van der Waals surface area contributed by atoms with E-state index in [0.717, 1.165) is 36.0 Å². The van der Waals surface area contributed by atoms with Crippen LogP contribution in [0.4, 0.5) is 5.82 Å². The van der Waals surface area contributed by atoms with Crippen molar-refractivity contribution in [1.29, 1.82) is 0 Å². The molecule has 1 aromatic carbocycles. The lowest BCUT2D eigenvalue weighted by atomic mass is 10.0. The first-order valence-corrected chi connectivity index (χ1v) is 9.79. The van der Waals surface area contributed by atoms with Gasteiger partial charge in [0, 0.05) is 24.7 Å². The quantitative estimate of drug-likeness (QED) is 0.670. The summed E-state index contributed by atoms with van der Waals surface area (Å²) in [6.07, 6.45) is 6.33. The molecule has 2 aromatic heterocycles. The van der Waals surface area contributed by atoms with E-state index in [0.29, 0.717) is 18.4 Å². The van der Waals surface area contributed by atoms with Crippen LogP contribution in [-0.4, -0.2) is 39.5 Å². The van der Waals surface area contributed by atoms with Gasteiger partial charge in [0.15, 0.2) is 5.82 Å². The Morgan fingerprint density at radius 2 is 1.85 bits per heavy atom. The number of aromatic nitrogens is 3. The number of anilines is 1. The molecule has 3 aromatic rings. The van der Waals surface area contributed by atoms with Crippen LogP contribution in [0.25, 0.3) is 11.0 Å². The summed E-state index contributed by atoms with van der Waals surface area (Å²) in [6.45, 7) is 6.14. The molecule has 6 heteroatoms. The van der Waals surface area contributed by atoms with E-state index >= 15 is 0 Å². The number of fused-ring (bicyclic) bond motifs is 1. The molecule has 142 valence electrons. The molecule has 0 aliphatic carbocycles. The van der Waals surface area contributed by atoms with Crippen LogP contribution in [-0.2, 0) is 13.0 Å². The third kappa shape index (κ3) is 4.06. The first-order valence-electron chi connectivity index (χ1n) is 9.79. The lowest BCUT2D eigenvalue weighted by Crippen LogP contribution is -2.18. The number of nitrogens with zero attached hydrogens (tertiary/aromatic N) is 3. The highest BCUT2D eigenvalue weighted by Gasteiger charge is 2.14. The van der Waals surface area contributed by atoms with Gasteiger partial charge in [-0.15, -0.1) is 0 Å². The zero-order valence-electron chi connectivity index (χ0n) is 15.9. The van der Waals surface area contributed by atoms with E-state index < -0.39 is 0 Å². The molecule has 0 spiro atoms. The minimum Gasteiger partial charge on any atom is -0.463 e. The number of rotatable bonds is 7. The molecule has 1 fully saturated rings. The minimum atomic E-state index is 0.351. The van der Waals surface area contributed by atoms with E-state index in [9.17, 15) is 0 Å². The number of benzene rings is 1. The third-order valence-corrected chi connectivity index (χ3v) is 5.07. The Labute approximate surface area is 159 Å². The maximum atomic E-state index is 6.07. The van der Waals surface area contributed by atoms with E-state index in [-0.39, 0.29) is 0 Å². The number of nitrogen functional groups attached to an aromatic ring is 1. The molecule has 3 N–H and O–H groups in total. The smallest absolute Gasteiger partial charge is 0.319 e. The Hall–Kier alpha value is -2.60. The highest BCUT2D eigenvalue weighted by molar-refractivity contribution is 5.87. The Morgan fingerprint density at radius 1 is 1.11 bits per heavy atom. The SMILES string of the molecule is CCCOc1nc(N)c2[nH]cc(Cc3ccc(CN4CCCC4)cc3)c2n1. The van der Waals surface area contributed by atoms with Crippen molar-refractivity contribution in [3.8, 4) is 6.01 Å². The summed E-state index contributed by atoms with van der Waals surface area (Å²) >= 11 is 0. The van der Waals surface area contributed by atoms with Gasteiger partial charge in [-0.05, 0) is 43.5 Å². The molecule has 1 saturated heterocycles. The van der Waals surface area contributed by atoms with Crippen LogP contribution in [0.2, 0.25) is 0 Å². The summed E-state index contributed by atoms with van der Waals surface area (Å²) in [7, 11) is 0. The fraction of sp³-hybridized carbons (Fsp3) is 0.429.